The van der Waals surface area contributed by atoms with Crippen molar-refractivity contribution in [3.63, 3.8) is 0 Å². The Bertz CT molecular complexity index is 36.2. The minimum atomic E-state index is 0.00694. The van der Waals surface area contributed by atoms with E-state index in [0.29, 0.717) is 0 Å². The molecule has 0 nitrogen and oxygen atoms in total. The Morgan fingerprint density at radius 3 is 1.43 bits per heavy atom. The molecule has 0 aliphatic carbocycles. The van der Waals surface area contributed by atoms with E-state index < -0.39 is 0 Å². The normalized spacial score (nSPS) is 24.0. The van der Waals surface area contributed by atoms with Gasteiger partial charge in [0.2, 0.25) is 0 Å². The first kappa shape index (κ1) is 8.40. The second-order valence-electron chi connectivity index (χ2n) is 1.46. The maximum atomic E-state index is 4.27. The van der Waals surface area contributed by atoms with Gasteiger partial charge in [0, 0.05) is 5.08 Å². The molecule has 0 bridgehead atoms. The van der Waals surface area contributed by atoms with Gasteiger partial charge >= 0.3 is 0 Å². The number of rotatable bonds is 2. The van der Waals surface area contributed by atoms with Gasteiger partial charge in [-0.15, -0.1) is 23.3 Å². The van der Waals surface area contributed by atoms with Crippen LogP contribution in [0.5, 0.6) is 0 Å². The first-order chi connectivity index (χ1) is 3.13. The van der Waals surface area contributed by atoms with Crippen LogP contribution in [0.25, 0.3) is 0 Å². The molecule has 0 radical (unpaired) electrons. The summed E-state index contributed by atoms with van der Waals surface area (Å²) < 4.78 is 0. The van der Waals surface area contributed by atoms with Gasteiger partial charge in [-0.25, -0.2) is 19.9 Å². The predicted octanol–water partition coefficient (Wildman–Crippen LogP) is 1.90. The fourth-order valence-electron chi connectivity index (χ4n) is 0.296. The van der Waals surface area contributed by atoms with Crippen LogP contribution in [-0.2, 0) is 0 Å². The van der Waals surface area contributed by atoms with Crippen LogP contribution >= 0.6 is 43.2 Å². The highest BCUT2D eigenvalue weighted by Gasteiger charge is 1.89. The summed E-state index contributed by atoms with van der Waals surface area (Å²) in [6, 6.07) is 0. The second kappa shape index (κ2) is 4.30. The molecular weight excluding hydrogens is 164 g/mol. The maximum Gasteiger partial charge on any atom is 0.0184 e. The Morgan fingerprint density at radius 2 is 1.43 bits per heavy atom. The van der Waals surface area contributed by atoms with Crippen molar-refractivity contribution in [3.8, 4) is 0 Å². The van der Waals surface area contributed by atoms with Gasteiger partial charge in [-0.2, -0.15) is 0 Å². The van der Waals surface area contributed by atoms with Gasteiger partial charge in [-0.3, -0.25) is 0 Å². The summed E-state index contributed by atoms with van der Waals surface area (Å²) in [4.78, 5) is 0. The summed E-state index contributed by atoms with van der Waals surface area (Å²) in [5.41, 5.74) is 0. The van der Waals surface area contributed by atoms with E-state index in [9.17, 15) is 0 Å². The third-order valence-corrected chi connectivity index (χ3v) is 5.96. The van der Waals surface area contributed by atoms with Crippen LogP contribution in [0.3, 0.4) is 0 Å². The Balaban J connectivity index is 2.95. The van der Waals surface area contributed by atoms with Crippen molar-refractivity contribution in [1.82, 2.24) is 0 Å². The average Bonchev–Trinajstić information content (AvgIpc) is 1.27. The minimum absolute atomic E-state index is 0.00694. The Kier molecular flexibility index (Phi) is 5.15. The maximum absolute atomic E-state index is 4.27. The molecule has 0 saturated heterocycles. The van der Waals surface area contributed by atoms with E-state index in [4.69, 9.17) is 0 Å². The third kappa shape index (κ3) is 7.40. The first-order valence-corrected chi connectivity index (χ1v) is 8.18. The fourth-order valence-corrected chi connectivity index (χ4v) is 6.98. The zero-order chi connectivity index (χ0) is 5.86. The van der Waals surface area contributed by atoms with E-state index in [1.807, 2.05) is 0 Å². The van der Waals surface area contributed by atoms with E-state index in [1.54, 1.807) is 0 Å². The summed E-state index contributed by atoms with van der Waals surface area (Å²) in [5.74, 6) is 0. The standard InChI is InChI=1S/C3H12S4/c1-6(4)3-7(2)5/h4-7H,3H2,1-2H3. The van der Waals surface area contributed by atoms with Crippen molar-refractivity contribution in [2.24, 2.45) is 0 Å². The molecule has 0 heterocycles. The van der Waals surface area contributed by atoms with Crippen LogP contribution < -0.4 is 0 Å². The molecule has 0 aliphatic rings. The topological polar surface area (TPSA) is 0 Å². The molecule has 2 atom stereocenters. The summed E-state index contributed by atoms with van der Waals surface area (Å²) >= 11 is 8.54. The van der Waals surface area contributed by atoms with E-state index in [0.717, 1.165) is 0 Å². The van der Waals surface area contributed by atoms with Crippen LogP contribution in [0.1, 0.15) is 0 Å². The molecule has 0 aromatic carbocycles. The lowest BCUT2D eigenvalue weighted by molar-refractivity contribution is 2.18. The summed E-state index contributed by atoms with van der Waals surface area (Å²) in [6.45, 7) is 0. The van der Waals surface area contributed by atoms with Crippen molar-refractivity contribution in [1.29, 1.82) is 0 Å². The van der Waals surface area contributed by atoms with Gasteiger partial charge in [0.05, 0.1) is 0 Å². The Hall–Kier alpha value is 1.40. The van der Waals surface area contributed by atoms with Crippen molar-refractivity contribution in [2.45, 2.75) is 0 Å². The lowest BCUT2D eigenvalue weighted by Gasteiger charge is -2.12. The fraction of sp³-hybridized carbons (Fsp3) is 1.00. The van der Waals surface area contributed by atoms with E-state index in [-0.39, 0.29) is 19.9 Å². The summed E-state index contributed by atoms with van der Waals surface area (Å²) in [6.07, 6.45) is 4.32. The first-order valence-electron chi connectivity index (χ1n) is 1.93. The zero-order valence-electron chi connectivity index (χ0n) is 4.50. The number of thiol groups is 4. The molecule has 0 N–H and O–H groups in total. The van der Waals surface area contributed by atoms with E-state index in [2.05, 4.69) is 35.8 Å². The quantitative estimate of drug-likeness (QED) is 0.358. The molecule has 0 aromatic rings. The number of hydrogen-bond donors (Lipinski definition) is 4. The Morgan fingerprint density at radius 1 is 1.14 bits per heavy atom. The van der Waals surface area contributed by atoms with Crippen molar-refractivity contribution in [2.75, 3.05) is 17.6 Å². The van der Waals surface area contributed by atoms with Crippen LogP contribution in [0.4, 0.5) is 0 Å². The van der Waals surface area contributed by atoms with E-state index in [1.165, 1.54) is 5.08 Å². The molecule has 0 aromatic heterocycles. The van der Waals surface area contributed by atoms with Gasteiger partial charge in [0.25, 0.3) is 0 Å². The van der Waals surface area contributed by atoms with Gasteiger partial charge in [0.1, 0.15) is 0 Å². The summed E-state index contributed by atoms with van der Waals surface area (Å²) in [7, 11) is 0.0139. The average molecular weight is 176 g/mol. The Labute approximate surface area is 60.8 Å². The molecular formula is C3H12S4. The monoisotopic (exact) mass is 176 g/mol. The largest absolute Gasteiger partial charge is 0.202 e. The third-order valence-electron chi connectivity index (χ3n) is 0.409. The molecule has 48 valence electrons. The highest BCUT2D eigenvalue weighted by Crippen LogP contribution is 2.39. The molecule has 7 heavy (non-hydrogen) atoms. The van der Waals surface area contributed by atoms with Crippen LogP contribution in [0, 0.1) is 0 Å². The van der Waals surface area contributed by atoms with Gasteiger partial charge < -0.3 is 0 Å². The number of hydrogen-bond acceptors (Lipinski definition) is 2. The zero-order valence-corrected chi connectivity index (χ0v) is 8.07. The molecule has 4 heteroatoms. The van der Waals surface area contributed by atoms with Crippen LogP contribution in [-0.4, -0.2) is 17.6 Å². The van der Waals surface area contributed by atoms with Gasteiger partial charge in [-0.1, -0.05) is 0 Å². The van der Waals surface area contributed by atoms with Gasteiger partial charge in [0.15, 0.2) is 0 Å². The van der Waals surface area contributed by atoms with Gasteiger partial charge in [-0.05, 0) is 12.5 Å². The highest BCUT2D eigenvalue weighted by atomic mass is 33.1. The highest BCUT2D eigenvalue weighted by molar-refractivity contribution is 8.87. The van der Waals surface area contributed by atoms with Crippen molar-refractivity contribution < 1.29 is 0 Å². The molecule has 0 saturated carbocycles. The lowest BCUT2D eigenvalue weighted by atomic mass is 11.9. The smallest absolute Gasteiger partial charge is 0.0184 e. The molecule has 0 aliphatic heterocycles. The second-order valence-corrected chi connectivity index (χ2v) is 9.32. The molecule has 0 rings (SSSR count). The SMILES string of the molecule is C[SH](S)C[SH](C)S. The molecule has 0 spiro atoms. The van der Waals surface area contributed by atoms with E-state index >= 15 is 0 Å². The molecule has 0 amide bonds. The summed E-state index contributed by atoms with van der Waals surface area (Å²) in [5, 5.41) is 1.22. The lowest BCUT2D eigenvalue weighted by Crippen LogP contribution is -1.73. The van der Waals surface area contributed by atoms with Crippen LogP contribution in [0.2, 0.25) is 0 Å². The predicted molar refractivity (Wildman–Crippen MR) is 52.7 cm³/mol. The van der Waals surface area contributed by atoms with Crippen molar-refractivity contribution >= 4 is 43.2 Å². The minimum Gasteiger partial charge on any atom is -0.202 e. The van der Waals surface area contributed by atoms with Crippen molar-refractivity contribution in [3.05, 3.63) is 0 Å². The molecule has 0 fully saturated rings. The molecule has 2 unspecified atom stereocenters. The van der Waals surface area contributed by atoms with Crippen LogP contribution in [0.15, 0.2) is 0 Å².